The molecule has 30 heavy (non-hydrogen) atoms. The van der Waals surface area contributed by atoms with Crippen LogP contribution in [0.25, 0.3) is 0 Å². The molecule has 0 aliphatic rings. The molecule has 1 atom stereocenters. The second-order valence-electron chi connectivity index (χ2n) is 8.54. The number of aryl methyl sites for hydroxylation is 1. The summed E-state index contributed by atoms with van der Waals surface area (Å²) in [5.41, 5.74) is 5.52. The van der Waals surface area contributed by atoms with Gasteiger partial charge in [-0.15, -0.1) is 5.73 Å². The van der Waals surface area contributed by atoms with Gasteiger partial charge in [-0.3, -0.25) is 4.57 Å². The molecule has 0 aliphatic heterocycles. The third kappa shape index (κ3) is 4.66. The Kier molecular flexibility index (Phi) is 6.80. The molecular formula is C26H30NOPSi. The Morgan fingerprint density at radius 3 is 1.77 bits per heavy atom. The fourth-order valence-electron chi connectivity index (χ4n) is 3.76. The first-order chi connectivity index (χ1) is 14.3. The molecule has 1 unspecified atom stereocenters. The molecular weight excluding hydrogens is 401 g/mol. The monoisotopic (exact) mass is 431 g/mol. The van der Waals surface area contributed by atoms with E-state index in [1.807, 2.05) is 72.8 Å². The first-order valence-electron chi connectivity index (χ1n) is 10.2. The van der Waals surface area contributed by atoms with Crippen molar-refractivity contribution < 1.29 is 4.57 Å². The normalized spacial score (nSPS) is 12.8. The van der Waals surface area contributed by atoms with Crippen molar-refractivity contribution in [3.8, 4) is 0 Å². The average molecular weight is 432 g/mol. The maximum atomic E-state index is 14.7. The first-order valence-corrected chi connectivity index (χ1v) is 15.4. The molecule has 4 heteroatoms. The standard InChI is InChI=1S/C26H30NOPSi/c1-6-25(30(3,4)5)26(24-20-14-13-15-21(24)2)27-29(28,22-16-9-7-10-17-22)23-18-11-8-12-19-23/h7-20,26H,1H2,2-5H3,(H,27,28). The van der Waals surface area contributed by atoms with Crippen LogP contribution in [0.2, 0.25) is 19.6 Å². The van der Waals surface area contributed by atoms with Gasteiger partial charge in [0.1, 0.15) is 0 Å². The van der Waals surface area contributed by atoms with Crippen molar-refractivity contribution in [1.29, 1.82) is 0 Å². The Balaban J connectivity index is 2.23. The van der Waals surface area contributed by atoms with E-state index in [-0.39, 0.29) is 6.04 Å². The van der Waals surface area contributed by atoms with Gasteiger partial charge in [0.2, 0.25) is 7.29 Å². The molecule has 0 bridgehead atoms. The summed E-state index contributed by atoms with van der Waals surface area (Å²) in [6.45, 7) is 13.0. The van der Waals surface area contributed by atoms with Crippen molar-refractivity contribution in [3.63, 3.8) is 0 Å². The molecule has 1 N–H and O–H groups in total. The Morgan fingerprint density at radius 1 is 0.867 bits per heavy atom. The molecule has 154 valence electrons. The number of hydrogen-bond donors (Lipinski definition) is 1. The molecule has 0 saturated heterocycles. The third-order valence-corrected chi connectivity index (χ3v) is 10.1. The van der Waals surface area contributed by atoms with Gasteiger partial charge in [0, 0.05) is 10.6 Å². The minimum absolute atomic E-state index is 0.221. The number of benzene rings is 3. The van der Waals surface area contributed by atoms with Crippen LogP contribution in [0, 0.1) is 6.92 Å². The second kappa shape index (κ2) is 9.16. The van der Waals surface area contributed by atoms with Gasteiger partial charge < -0.3 is 0 Å². The van der Waals surface area contributed by atoms with Crippen LogP contribution in [0.1, 0.15) is 17.2 Å². The molecule has 3 rings (SSSR count). The van der Waals surface area contributed by atoms with Gasteiger partial charge in [-0.25, -0.2) is 5.09 Å². The highest BCUT2D eigenvalue weighted by Crippen LogP contribution is 2.45. The molecule has 0 aliphatic carbocycles. The van der Waals surface area contributed by atoms with E-state index in [4.69, 9.17) is 0 Å². The van der Waals surface area contributed by atoms with Gasteiger partial charge in [0.25, 0.3) is 0 Å². The highest BCUT2D eigenvalue weighted by Gasteiger charge is 2.36. The summed E-state index contributed by atoms with van der Waals surface area (Å²) in [4.78, 5) is 0. The summed E-state index contributed by atoms with van der Waals surface area (Å²) < 4.78 is 14.7. The molecule has 0 aromatic heterocycles. The fraction of sp³-hybridized carbons (Fsp3) is 0.192. The SMILES string of the molecule is C=C=C(C(NP(=O)(c1ccccc1)c1ccccc1)c1ccccc1C)[Si](C)(C)C. The summed E-state index contributed by atoms with van der Waals surface area (Å²) in [6, 6.07) is 27.5. The molecule has 0 heterocycles. The van der Waals surface area contributed by atoms with Gasteiger partial charge in [-0.05, 0) is 47.5 Å². The molecule has 0 saturated carbocycles. The first kappa shape index (κ1) is 22.3. The summed E-state index contributed by atoms with van der Waals surface area (Å²) in [6.07, 6.45) is 0. The lowest BCUT2D eigenvalue weighted by molar-refractivity contribution is 0.572. The zero-order chi connectivity index (χ0) is 21.8. The molecule has 2 nitrogen and oxygen atoms in total. The van der Waals surface area contributed by atoms with E-state index in [1.165, 1.54) is 0 Å². The Bertz CT molecular complexity index is 1050. The Labute approximate surface area is 181 Å². The molecule has 0 fully saturated rings. The Hall–Kier alpha value is -2.41. The predicted molar refractivity (Wildman–Crippen MR) is 133 cm³/mol. The average Bonchev–Trinajstić information content (AvgIpc) is 2.74. The minimum atomic E-state index is -3.12. The summed E-state index contributed by atoms with van der Waals surface area (Å²) in [5.74, 6) is 0. The highest BCUT2D eigenvalue weighted by molar-refractivity contribution is 7.76. The second-order valence-corrected chi connectivity index (χ2v) is 16.1. The fourth-order valence-corrected chi connectivity index (χ4v) is 7.91. The van der Waals surface area contributed by atoms with Gasteiger partial charge in [0.15, 0.2) is 0 Å². The van der Waals surface area contributed by atoms with E-state index in [0.29, 0.717) is 0 Å². The van der Waals surface area contributed by atoms with Gasteiger partial charge >= 0.3 is 0 Å². The highest BCUT2D eigenvalue weighted by atomic mass is 31.2. The van der Waals surface area contributed by atoms with Crippen molar-refractivity contribution >= 4 is 26.0 Å². The maximum Gasteiger partial charge on any atom is 0.205 e. The van der Waals surface area contributed by atoms with E-state index in [0.717, 1.165) is 26.9 Å². The van der Waals surface area contributed by atoms with Crippen LogP contribution < -0.4 is 15.7 Å². The lowest BCUT2D eigenvalue weighted by atomic mass is 10.0. The van der Waals surface area contributed by atoms with Crippen molar-refractivity contribution in [2.75, 3.05) is 0 Å². The summed E-state index contributed by atoms with van der Waals surface area (Å²) in [5, 5.41) is 6.36. The van der Waals surface area contributed by atoms with E-state index >= 15 is 0 Å². The largest absolute Gasteiger partial charge is 0.296 e. The van der Waals surface area contributed by atoms with Crippen LogP contribution in [-0.4, -0.2) is 8.07 Å². The predicted octanol–water partition coefficient (Wildman–Crippen LogP) is 6.14. The minimum Gasteiger partial charge on any atom is -0.296 e. The van der Waals surface area contributed by atoms with Crippen LogP contribution in [0.5, 0.6) is 0 Å². The van der Waals surface area contributed by atoms with Crippen molar-refractivity contribution in [2.24, 2.45) is 0 Å². The smallest absolute Gasteiger partial charge is 0.205 e. The van der Waals surface area contributed by atoms with Gasteiger partial charge in [-0.2, -0.15) is 0 Å². The van der Waals surface area contributed by atoms with Crippen LogP contribution >= 0.6 is 7.29 Å². The van der Waals surface area contributed by atoms with E-state index in [1.54, 1.807) is 0 Å². The lowest BCUT2D eigenvalue weighted by Crippen LogP contribution is -2.37. The van der Waals surface area contributed by atoms with Gasteiger partial charge in [-0.1, -0.05) is 86.9 Å². The van der Waals surface area contributed by atoms with E-state index in [9.17, 15) is 4.57 Å². The summed E-state index contributed by atoms with van der Waals surface area (Å²) >= 11 is 0. The van der Waals surface area contributed by atoms with Crippen LogP contribution in [-0.2, 0) is 4.57 Å². The van der Waals surface area contributed by atoms with Crippen LogP contribution in [0.4, 0.5) is 0 Å². The van der Waals surface area contributed by atoms with Crippen LogP contribution in [0.3, 0.4) is 0 Å². The quantitative estimate of drug-likeness (QED) is 0.276. The maximum absolute atomic E-state index is 14.7. The zero-order valence-corrected chi connectivity index (χ0v) is 20.1. The summed E-state index contributed by atoms with van der Waals surface area (Å²) in [7, 11) is -4.92. The third-order valence-electron chi connectivity index (χ3n) is 5.34. The molecule has 3 aromatic rings. The lowest BCUT2D eigenvalue weighted by Gasteiger charge is -2.33. The Morgan fingerprint density at radius 2 is 1.33 bits per heavy atom. The van der Waals surface area contributed by atoms with E-state index in [2.05, 4.69) is 56.1 Å². The molecule has 0 spiro atoms. The van der Waals surface area contributed by atoms with Crippen molar-refractivity contribution in [1.82, 2.24) is 5.09 Å². The number of rotatable bonds is 7. The molecule has 0 amide bonds. The molecule has 0 radical (unpaired) electrons. The molecule has 3 aromatic carbocycles. The number of hydrogen-bond acceptors (Lipinski definition) is 1. The topological polar surface area (TPSA) is 29.1 Å². The zero-order valence-electron chi connectivity index (χ0n) is 18.2. The van der Waals surface area contributed by atoms with E-state index < -0.39 is 15.4 Å². The van der Waals surface area contributed by atoms with Crippen molar-refractivity contribution in [2.45, 2.75) is 32.6 Å². The van der Waals surface area contributed by atoms with Crippen molar-refractivity contribution in [3.05, 3.63) is 114 Å². The van der Waals surface area contributed by atoms with Crippen LogP contribution in [0.15, 0.2) is 102 Å². The number of nitrogens with one attached hydrogen (secondary N) is 1. The van der Waals surface area contributed by atoms with Gasteiger partial charge in [0.05, 0.1) is 14.1 Å².